The SMILES string of the molecule is CCC(O)c1noc(CCC(C)OC)n1. The Hall–Kier alpha value is -0.940. The maximum absolute atomic E-state index is 9.46. The minimum absolute atomic E-state index is 0.177. The van der Waals surface area contributed by atoms with E-state index < -0.39 is 6.10 Å². The predicted octanol–water partition coefficient (Wildman–Crippen LogP) is 1.48. The van der Waals surface area contributed by atoms with Crippen molar-refractivity contribution < 1.29 is 14.4 Å². The van der Waals surface area contributed by atoms with Crippen LogP contribution in [-0.2, 0) is 11.2 Å². The van der Waals surface area contributed by atoms with Crippen LogP contribution < -0.4 is 0 Å². The van der Waals surface area contributed by atoms with Gasteiger partial charge in [-0.05, 0) is 19.8 Å². The molecule has 0 saturated carbocycles. The number of methoxy groups -OCH3 is 1. The molecule has 1 rings (SSSR count). The van der Waals surface area contributed by atoms with Crippen LogP contribution in [-0.4, -0.2) is 28.5 Å². The summed E-state index contributed by atoms with van der Waals surface area (Å²) in [6.07, 6.45) is 1.66. The molecule has 5 nitrogen and oxygen atoms in total. The Labute approximate surface area is 89.4 Å². The first-order valence-electron chi connectivity index (χ1n) is 5.20. The molecule has 0 radical (unpaired) electrons. The number of aryl methyl sites for hydroxylation is 1. The summed E-state index contributed by atoms with van der Waals surface area (Å²) in [7, 11) is 1.67. The Morgan fingerprint density at radius 2 is 2.27 bits per heavy atom. The first-order chi connectivity index (χ1) is 7.17. The molecule has 86 valence electrons. The van der Waals surface area contributed by atoms with Gasteiger partial charge in [0.15, 0.2) is 5.82 Å². The van der Waals surface area contributed by atoms with Crippen LogP contribution in [0.2, 0.25) is 0 Å². The van der Waals surface area contributed by atoms with Crippen LogP contribution in [0.1, 0.15) is 44.5 Å². The first kappa shape index (κ1) is 12.1. The van der Waals surface area contributed by atoms with E-state index in [4.69, 9.17) is 9.26 Å². The molecule has 15 heavy (non-hydrogen) atoms. The molecule has 0 aliphatic heterocycles. The summed E-state index contributed by atoms with van der Waals surface area (Å²) in [6.45, 7) is 3.85. The van der Waals surface area contributed by atoms with Gasteiger partial charge in [-0.2, -0.15) is 4.98 Å². The Balaban J connectivity index is 2.46. The molecule has 0 aliphatic rings. The van der Waals surface area contributed by atoms with Gasteiger partial charge in [-0.25, -0.2) is 0 Å². The van der Waals surface area contributed by atoms with E-state index in [1.807, 2.05) is 13.8 Å². The quantitative estimate of drug-likeness (QED) is 0.776. The summed E-state index contributed by atoms with van der Waals surface area (Å²) in [5.41, 5.74) is 0. The van der Waals surface area contributed by atoms with Gasteiger partial charge in [0.1, 0.15) is 6.10 Å². The topological polar surface area (TPSA) is 68.4 Å². The third-order valence-corrected chi connectivity index (χ3v) is 2.34. The Bertz CT molecular complexity index is 288. The number of hydrogen-bond acceptors (Lipinski definition) is 5. The average molecular weight is 214 g/mol. The predicted molar refractivity (Wildman–Crippen MR) is 54.3 cm³/mol. The van der Waals surface area contributed by atoms with Crippen LogP contribution in [0.25, 0.3) is 0 Å². The fraction of sp³-hybridized carbons (Fsp3) is 0.800. The number of ether oxygens (including phenoxy) is 1. The smallest absolute Gasteiger partial charge is 0.226 e. The fourth-order valence-electron chi connectivity index (χ4n) is 1.13. The molecule has 0 amide bonds. The molecule has 0 aliphatic carbocycles. The molecule has 0 aromatic carbocycles. The summed E-state index contributed by atoms with van der Waals surface area (Å²) in [5, 5.41) is 13.2. The van der Waals surface area contributed by atoms with Crippen molar-refractivity contribution in [2.24, 2.45) is 0 Å². The van der Waals surface area contributed by atoms with E-state index >= 15 is 0 Å². The molecule has 0 spiro atoms. The Morgan fingerprint density at radius 3 is 2.87 bits per heavy atom. The summed E-state index contributed by atoms with van der Waals surface area (Å²) in [4.78, 5) is 4.10. The zero-order valence-electron chi connectivity index (χ0n) is 9.43. The molecule has 1 aromatic rings. The third-order valence-electron chi connectivity index (χ3n) is 2.34. The van der Waals surface area contributed by atoms with Crippen molar-refractivity contribution in [1.82, 2.24) is 10.1 Å². The molecular weight excluding hydrogens is 196 g/mol. The largest absolute Gasteiger partial charge is 0.385 e. The van der Waals surface area contributed by atoms with Gasteiger partial charge < -0.3 is 14.4 Å². The lowest BCUT2D eigenvalue weighted by atomic mass is 10.2. The van der Waals surface area contributed by atoms with E-state index in [1.165, 1.54) is 0 Å². The molecular formula is C10H18N2O3. The standard InChI is InChI=1S/C10H18N2O3/c1-4-8(13)10-11-9(15-12-10)6-5-7(2)14-3/h7-8,13H,4-6H2,1-3H3. The highest BCUT2D eigenvalue weighted by Gasteiger charge is 2.13. The lowest BCUT2D eigenvalue weighted by Gasteiger charge is -2.05. The van der Waals surface area contributed by atoms with Crippen LogP contribution >= 0.6 is 0 Å². The van der Waals surface area contributed by atoms with Crippen molar-refractivity contribution in [3.63, 3.8) is 0 Å². The van der Waals surface area contributed by atoms with Gasteiger partial charge in [0.2, 0.25) is 5.89 Å². The highest BCUT2D eigenvalue weighted by atomic mass is 16.5. The summed E-state index contributed by atoms with van der Waals surface area (Å²) >= 11 is 0. The van der Waals surface area contributed by atoms with E-state index in [2.05, 4.69) is 10.1 Å². The van der Waals surface area contributed by atoms with Crippen molar-refractivity contribution in [3.05, 3.63) is 11.7 Å². The van der Waals surface area contributed by atoms with Crippen LogP contribution in [0.4, 0.5) is 0 Å². The summed E-state index contributed by atoms with van der Waals surface area (Å²) in [6, 6.07) is 0. The maximum atomic E-state index is 9.46. The molecule has 2 unspecified atom stereocenters. The third kappa shape index (κ3) is 3.60. The second kappa shape index (κ2) is 5.82. The second-order valence-electron chi connectivity index (χ2n) is 3.56. The second-order valence-corrected chi connectivity index (χ2v) is 3.56. The summed E-state index contributed by atoms with van der Waals surface area (Å²) < 4.78 is 10.1. The van der Waals surface area contributed by atoms with Gasteiger partial charge in [-0.1, -0.05) is 12.1 Å². The van der Waals surface area contributed by atoms with E-state index in [-0.39, 0.29) is 6.10 Å². The lowest BCUT2D eigenvalue weighted by molar-refractivity contribution is 0.109. The van der Waals surface area contributed by atoms with Gasteiger partial charge in [-0.3, -0.25) is 0 Å². The van der Waals surface area contributed by atoms with Crippen LogP contribution in [0.15, 0.2) is 4.52 Å². The van der Waals surface area contributed by atoms with Crippen LogP contribution in [0, 0.1) is 0 Å². The monoisotopic (exact) mass is 214 g/mol. The number of rotatable bonds is 6. The van der Waals surface area contributed by atoms with Gasteiger partial charge in [-0.15, -0.1) is 0 Å². The molecule has 0 fully saturated rings. The van der Waals surface area contributed by atoms with Crippen molar-refractivity contribution in [3.8, 4) is 0 Å². The maximum Gasteiger partial charge on any atom is 0.226 e. The van der Waals surface area contributed by atoms with Gasteiger partial charge >= 0.3 is 0 Å². The number of aromatic nitrogens is 2. The highest BCUT2D eigenvalue weighted by molar-refractivity contribution is 4.90. The first-order valence-corrected chi connectivity index (χ1v) is 5.20. The number of hydrogen-bond donors (Lipinski definition) is 1. The highest BCUT2D eigenvalue weighted by Crippen LogP contribution is 2.13. The molecule has 0 saturated heterocycles. The van der Waals surface area contributed by atoms with Gasteiger partial charge in [0.25, 0.3) is 0 Å². The molecule has 2 atom stereocenters. The van der Waals surface area contributed by atoms with Crippen LogP contribution in [0.3, 0.4) is 0 Å². The van der Waals surface area contributed by atoms with E-state index in [9.17, 15) is 5.11 Å². The Kier molecular flexibility index (Phi) is 4.71. The lowest BCUT2D eigenvalue weighted by Crippen LogP contribution is -2.06. The fourth-order valence-corrected chi connectivity index (χ4v) is 1.13. The zero-order valence-corrected chi connectivity index (χ0v) is 9.43. The zero-order chi connectivity index (χ0) is 11.3. The molecule has 1 heterocycles. The number of aliphatic hydroxyl groups excluding tert-OH is 1. The minimum Gasteiger partial charge on any atom is -0.385 e. The van der Waals surface area contributed by atoms with Gasteiger partial charge in [0.05, 0.1) is 6.10 Å². The van der Waals surface area contributed by atoms with E-state index in [1.54, 1.807) is 7.11 Å². The molecule has 0 bridgehead atoms. The van der Waals surface area contributed by atoms with Crippen LogP contribution in [0.5, 0.6) is 0 Å². The van der Waals surface area contributed by atoms with Crippen molar-refractivity contribution >= 4 is 0 Å². The Morgan fingerprint density at radius 1 is 1.53 bits per heavy atom. The van der Waals surface area contributed by atoms with Crippen molar-refractivity contribution in [1.29, 1.82) is 0 Å². The number of nitrogens with zero attached hydrogens (tertiary/aromatic N) is 2. The molecule has 1 N–H and O–H groups in total. The van der Waals surface area contributed by atoms with Crippen molar-refractivity contribution in [2.45, 2.75) is 45.3 Å². The number of aliphatic hydroxyl groups is 1. The van der Waals surface area contributed by atoms with Crippen molar-refractivity contribution in [2.75, 3.05) is 7.11 Å². The van der Waals surface area contributed by atoms with E-state index in [0.29, 0.717) is 24.6 Å². The normalized spacial score (nSPS) is 15.2. The molecule has 5 heteroatoms. The molecule has 1 aromatic heterocycles. The van der Waals surface area contributed by atoms with E-state index in [0.717, 1.165) is 6.42 Å². The minimum atomic E-state index is -0.623. The summed E-state index contributed by atoms with van der Waals surface area (Å²) in [5.74, 6) is 0.930. The average Bonchev–Trinajstić information content (AvgIpc) is 2.73. The van der Waals surface area contributed by atoms with Gasteiger partial charge in [0, 0.05) is 13.5 Å².